The second kappa shape index (κ2) is 7.39. The number of benzene rings is 1. The van der Waals surface area contributed by atoms with E-state index in [0.29, 0.717) is 48.7 Å². The van der Waals surface area contributed by atoms with E-state index >= 15 is 0 Å². The number of amides is 1. The van der Waals surface area contributed by atoms with Crippen LogP contribution in [0.5, 0.6) is 0 Å². The Morgan fingerprint density at radius 3 is 2.57 bits per heavy atom. The van der Waals surface area contributed by atoms with Gasteiger partial charge < -0.3 is 14.8 Å². The summed E-state index contributed by atoms with van der Waals surface area (Å²) in [6.45, 7) is 1.88. The van der Waals surface area contributed by atoms with Crippen molar-refractivity contribution in [3.05, 3.63) is 60.4 Å². The lowest BCUT2D eigenvalue weighted by molar-refractivity contribution is -0.126. The molecule has 1 amide bonds. The van der Waals surface area contributed by atoms with E-state index in [1.807, 2.05) is 35.2 Å². The summed E-state index contributed by atoms with van der Waals surface area (Å²) in [6.07, 6.45) is 3.18. The minimum absolute atomic E-state index is 0.346. The highest BCUT2D eigenvalue weighted by molar-refractivity contribution is 6.44. The molecule has 10 nitrogen and oxygen atoms in total. The van der Waals surface area contributed by atoms with Gasteiger partial charge in [-0.2, -0.15) is 4.68 Å². The SMILES string of the molecule is O=C(C(=O)N1CCN(c2nnnn2-c2ccccc2)CC1)c1c[nH]c2ncccc12. The lowest BCUT2D eigenvalue weighted by Crippen LogP contribution is -2.51. The summed E-state index contributed by atoms with van der Waals surface area (Å²) in [6, 6.07) is 13.1. The van der Waals surface area contributed by atoms with Crippen LogP contribution in [0.4, 0.5) is 5.95 Å². The van der Waals surface area contributed by atoms with Gasteiger partial charge in [-0.25, -0.2) is 4.98 Å². The highest BCUT2D eigenvalue weighted by atomic mass is 16.2. The minimum Gasteiger partial charge on any atom is -0.345 e. The average Bonchev–Trinajstić information content (AvgIpc) is 3.46. The van der Waals surface area contributed by atoms with Crippen LogP contribution in [-0.4, -0.2) is 72.9 Å². The number of anilines is 1. The number of ketones is 1. The topological polar surface area (TPSA) is 113 Å². The molecule has 4 heterocycles. The number of pyridine rings is 1. The van der Waals surface area contributed by atoms with Crippen molar-refractivity contribution in [2.24, 2.45) is 0 Å². The van der Waals surface area contributed by atoms with Gasteiger partial charge in [0.2, 0.25) is 5.95 Å². The molecular formula is C20H18N8O2. The third-order valence-corrected chi connectivity index (χ3v) is 5.19. The Bertz CT molecular complexity index is 1210. The van der Waals surface area contributed by atoms with Gasteiger partial charge in [0.15, 0.2) is 0 Å². The first-order chi connectivity index (χ1) is 14.7. The standard InChI is InChI=1S/C20H18N8O2/c29-17(16-13-22-18-15(16)7-4-8-21-18)19(30)26-9-11-27(12-10-26)20-23-24-25-28(20)14-5-2-1-3-6-14/h1-8,13H,9-12H2,(H,21,22). The van der Waals surface area contributed by atoms with Crippen LogP contribution < -0.4 is 4.90 Å². The lowest BCUT2D eigenvalue weighted by atomic mass is 10.1. The molecule has 0 unspecified atom stereocenters. The summed E-state index contributed by atoms with van der Waals surface area (Å²) in [7, 11) is 0. The number of carbonyl (C=O) groups excluding carboxylic acids is 2. The van der Waals surface area contributed by atoms with Gasteiger partial charge in [-0.15, -0.1) is 0 Å². The number of rotatable bonds is 4. The van der Waals surface area contributed by atoms with Crippen molar-refractivity contribution < 1.29 is 9.59 Å². The molecule has 5 rings (SSSR count). The zero-order chi connectivity index (χ0) is 20.5. The number of hydrogen-bond donors (Lipinski definition) is 1. The number of carbonyl (C=O) groups is 2. The normalized spacial score (nSPS) is 14.3. The van der Waals surface area contributed by atoms with Gasteiger partial charge in [0.25, 0.3) is 11.7 Å². The van der Waals surface area contributed by atoms with Crippen LogP contribution in [0.1, 0.15) is 10.4 Å². The van der Waals surface area contributed by atoms with Crippen molar-refractivity contribution >= 4 is 28.7 Å². The zero-order valence-electron chi connectivity index (χ0n) is 16.0. The number of hydrogen-bond acceptors (Lipinski definition) is 7. The maximum Gasteiger partial charge on any atom is 0.295 e. The van der Waals surface area contributed by atoms with Crippen LogP contribution in [0.15, 0.2) is 54.9 Å². The number of Topliss-reactive ketones (excluding diaryl/α,β-unsaturated/α-hetero) is 1. The molecule has 4 aromatic rings. The third kappa shape index (κ3) is 3.08. The van der Waals surface area contributed by atoms with Gasteiger partial charge >= 0.3 is 0 Å². The molecule has 30 heavy (non-hydrogen) atoms. The molecule has 1 aliphatic rings. The number of para-hydroxylation sites is 1. The quantitative estimate of drug-likeness (QED) is 0.401. The molecule has 0 radical (unpaired) electrons. The van der Waals surface area contributed by atoms with Gasteiger partial charge in [0.1, 0.15) is 5.65 Å². The van der Waals surface area contributed by atoms with Crippen molar-refractivity contribution in [1.29, 1.82) is 0 Å². The fourth-order valence-electron chi connectivity index (χ4n) is 3.63. The summed E-state index contributed by atoms with van der Waals surface area (Å²) in [5.74, 6) is -0.429. The van der Waals surface area contributed by atoms with Crippen LogP contribution in [0, 0.1) is 0 Å². The molecule has 0 bridgehead atoms. The summed E-state index contributed by atoms with van der Waals surface area (Å²) >= 11 is 0. The first-order valence-electron chi connectivity index (χ1n) is 9.57. The van der Waals surface area contributed by atoms with Gasteiger partial charge in [-0.05, 0) is 34.7 Å². The predicted octanol–water partition coefficient (Wildman–Crippen LogP) is 1.07. The second-order valence-electron chi connectivity index (χ2n) is 6.94. The van der Waals surface area contributed by atoms with E-state index in [4.69, 9.17) is 0 Å². The van der Waals surface area contributed by atoms with E-state index in [2.05, 4.69) is 25.5 Å². The van der Waals surface area contributed by atoms with E-state index in [1.54, 1.807) is 34.1 Å². The number of tetrazole rings is 1. The first-order valence-corrected chi connectivity index (χ1v) is 9.57. The molecule has 1 N–H and O–H groups in total. The highest BCUT2D eigenvalue weighted by Gasteiger charge is 2.30. The second-order valence-corrected chi connectivity index (χ2v) is 6.94. The number of H-pyrrole nitrogens is 1. The number of fused-ring (bicyclic) bond motifs is 1. The van der Waals surface area contributed by atoms with E-state index in [9.17, 15) is 9.59 Å². The number of piperazine rings is 1. The molecule has 10 heteroatoms. The average molecular weight is 402 g/mol. The van der Waals surface area contributed by atoms with Crippen molar-refractivity contribution in [1.82, 2.24) is 35.1 Å². The lowest BCUT2D eigenvalue weighted by Gasteiger charge is -2.34. The molecule has 0 atom stereocenters. The van der Waals surface area contributed by atoms with E-state index in [0.717, 1.165) is 5.69 Å². The predicted molar refractivity (Wildman–Crippen MR) is 108 cm³/mol. The molecule has 0 aliphatic carbocycles. The van der Waals surface area contributed by atoms with Crippen molar-refractivity contribution in [2.45, 2.75) is 0 Å². The number of aromatic nitrogens is 6. The van der Waals surface area contributed by atoms with E-state index in [1.165, 1.54) is 0 Å². The Hall–Kier alpha value is -4.08. The van der Waals surface area contributed by atoms with Crippen molar-refractivity contribution in [2.75, 3.05) is 31.1 Å². The number of nitrogens with zero attached hydrogens (tertiary/aromatic N) is 7. The summed E-state index contributed by atoms with van der Waals surface area (Å²) < 4.78 is 1.67. The fourth-order valence-corrected chi connectivity index (χ4v) is 3.63. The van der Waals surface area contributed by atoms with Crippen molar-refractivity contribution in [3.8, 4) is 5.69 Å². The smallest absolute Gasteiger partial charge is 0.295 e. The maximum atomic E-state index is 12.8. The molecule has 150 valence electrons. The third-order valence-electron chi connectivity index (χ3n) is 5.19. The molecule has 1 aromatic carbocycles. The summed E-state index contributed by atoms with van der Waals surface area (Å²) in [5, 5.41) is 12.7. The Kier molecular flexibility index (Phi) is 4.43. The van der Waals surface area contributed by atoms with Crippen LogP contribution in [0.25, 0.3) is 16.7 Å². The van der Waals surface area contributed by atoms with E-state index in [-0.39, 0.29) is 0 Å². The Morgan fingerprint density at radius 1 is 0.967 bits per heavy atom. The molecule has 0 saturated carbocycles. The highest BCUT2D eigenvalue weighted by Crippen LogP contribution is 2.19. The summed E-state index contributed by atoms with van der Waals surface area (Å²) in [4.78, 5) is 36.3. The maximum absolute atomic E-state index is 12.8. The molecule has 3 aromatic heterocycles. The van der Waals surface area contributed by atoms with Gasteiger partial charge in [0.05, 0.1) is 11.3 Å². The molecule has 1 saturated heterocycles. The number of aromatic amines is 1. The first kappa shape index (κ1) is 18.0. The van der Waals surface area contributed by atoms with E-state index < -0.39 is 11.7 Å². The Balaban J connectivity index is 1.29. The largest absolute Gasteiger partial charge is 0.345 e. The van der Waals surface area contributed by atoms with Crippen LogP contribution in [0.3, 0.4) is 0 Å². The van der Waals surface area contributed by atoms with Crippen LogP contribution in [0.2, 0.25) is 0 Å². The Labute approximate surface area is 171 Å². The van der Waals surface area contributed by atoms with Gasteiger partial charge in [-0.1, -0.05) is 23.3 Å². The monoisotopic (exact) mass is 402 g/mol. The minimum atomic E-state index is -0.531. The molecule has 0 spiro atoms. The molecular weight excluding hydrogens is 384 g/mol. The van der Waals surface area contributed by atoms with Crippen LogP contribution in [-0.2, 0) is 4.79 Å². The van der Waals surface area contributed by atoms with Gasteiger partial charge in [-0.3, -0.25) is 9.59 Å². The zero-order valence-corrected chi connectivity index (χ0v) is 16.0. The fraction of sp³-hybridized carbons (Fsp3) is 0.200. The Morgan fingerprint density at radius 2 is 1.77 bits per heavy atom. The van der Waals surface area contributed by atoms with Gasteiger partial charge in [0, 0.05) is 44.0 Å². The van der Waals surface area contributed by atoms with Crippen molar-refractivity contribution in [3.63, 3.8) is 0 Å². The molecule has 1 fully saturated rings. The number of nitrogens with one attached hydrogen (secondary N) is 1. The molecule has 1 aliphatic heterocycles. The van der Waals surface area contributed by atoms with Crippen LogP contribution >= 0.6 is 0 Å². The summed E-state index contributed by atoms with van der Waals surface area (Å²) in [5.41, 5.74) is 1.80.